The van der Waals surface area contributed by atoms with E-state index in [4.69, 9.17) is 0 Å². The molecular weight excluding hydrogens is 274 g/mol. The van der Waals surface area contributed by atoms with Crippen LogP contribution in [-0.4, -0.2) is 21.9 Å². The highest BCUT2D eigenvalue weighted by atomic mass is 32.2. The Morgan fingerprint density at radius 3 is 3.06 bits per heavy atom. The molecule has 2 aromatic heterocycles. The molecule has 0 radical (unpaired) electrons. The van der Waals surface area contributed by atoms with Crippen LogP contribution in [0.25, 0.3) is 0 Å². The zero-order chi connectivity index (χ0) is 12.1. The minimum atomic E-state index is -0.0253. The second kappa shape index (κ2) is 6.13. The molecule has 0 atom stereocenters. The molecule has 0 bridgehead atoms. The number of amides is 1. The van der Waals surface area contributed by atoms with E-state index in [2.05, 4.69) is 21.6 Å². The van der Waals surface area contributed by atoms with Crippen LogP contribution in [0, 0.1) is 6.92 Å². The van der Waals surface area contributed by atoms with Crippen LogP contribution in [0.2, 0.25) is 0 Å². The summed E-state index contributed by atoms with van der Waals surface area (Å²) in [4.78, 5) is 12.8. The van der Waals surface area contributed by atoms with Gasteiger partial charge in [-0.1, -0.05) is 17.4 Å². The number of carbonyl (C=O) groups is 1. The standard InChI is InChI=1S/C10H11N3OS3/c1-7-12-13-10(17-7)11-9(14)6-15-5-8-3-2-4-16-8/h2-4H,5-6H2,1H3,(H,11,13,14). The third-order valence-corrected chi connectivity index (χ3v) is 4.62. The molecule has 2 aromatic rings. The van der Waals surface area contributed by atoms with Gasteiger partial charge in [0.1, 0.15) is 5.01 Å². The van der Waals surface area contributed by atoms with Gasteiger partial charge in [-0.15, -0.1) is 33.3 Å². The van der Waals surface area contributed by atoms with Gasteiger partial charge in [0.15, 0.2) is 0 Å². The number of thiophene rings is 1. The fourth-order valence-electron chi connectivity index (χ4n) is 1.14. The summed E-state index contributed by atoms with van der Waals surface area (Å²) < 4.78 is 0. The Morgan fingerprint density at radius 1 is 1.53 bits per heavy atom. The molecule has 1 amide bonds. The lowest BCUT2D eigenvalue weighted by Gasteiger charge is -2.00. The third-order valence-electron chi connectivity index (χ3n) is 1.83. The van der Waals surface area contributed by atoms with Gasteiger partial charge >= 0.3 is 0 Å². The first kappa shape index (κ1) is 12.5. The number of rotatable bonds is 5. The van der Waals surface area contributed by atoms with Crippen molar-refractivity contribution in [2.24, 2.45) is 0 Å². The summed E-state index contributed by atoms with van der Waals surface area (Å²) in [5.74, 6) is 1.29. The molecule has 1 N–H and O–H groups in total. The van der Waals surface area contributed by atoms with E-state index < -0.39 is 0 Å². The molecule has 0 saturated heterocycles. The fourth-order valence-corrected chi connectivity index (χ4v) is 3.42. The Kier molecular flexibility index (Phi) is 4.52. The van der Waals surface area contributed by atoms with Gasteiger partial charge in [0.2, 0.25) is 11.0 Å². The molecule has 0 unspecified atom stereocenters. The number of nitrogens with zero attached hydrogens (tertiary/aromatic N) is 2. The molecule has 17 heavy (non-hydrogen) atoms. The van der Waals surface area contributed by atoms with E-state index in [0.717, 1.165) is 10.8 Å². The van der Waals surface area contributed by atoms with E-state index in [1.54, 1.807) is 23.1 Å². The second-order valence-electron chi connectivity index (χ2n) is 3.25. The molecule has 0 aliphatic rings. The minimum absolute atomic E-state index is 0.0253. The Balaban J connectivity index is 1.71. The van der Waals surface area contributed by atoms with Crippen LogP contribution >= 0.6 is 34.4 Å². The lowest BCUT2D eigenvalue weighted by atomic mass is 10.5. The molecule has 90 valence electrons. The predicted octanol–water partition coefficient (Wildman–Crippen LogP) is 2.78. The van der Waals surface area contributed by atoms with Crippen LogP contribution in [-0.2, 0) is 10.5 Å². The van der Waals surface area contributed by atoms with Crippen molar-refractivity contribution in [1.29, 1.82) is 0 Å². The topological polar surface area (TPSA) is 54.9 Å². The van der Waals surface area contributed by atoms with Crippen LogP contribution < -0.4 is 5.32 Å². The summed E-state index contributed by atoms with van der Waals surface area (Å²) in [5.41, 5.74) is 0. The molecular formula is C10H11N3OS3. The second-order valence-corrected chi connectivity index (χ2v) is 6.45. The monoisotopic (exact) mass is 285 g/mol. The van der Waals surface area contributed by atoms with Gasteiger partial charge in [-0.05, 0) is 18.4 Å². The first-order chi connectivity index (χ1) is 8.24. The van der Waals surface area contributed by atoms with Crippen molar-refractivity contribution >= 4 is 45.5 Å². The summed E-state index contributed by atoms with van der Waals surface area (Å²) in [6, 6.07) is 4.09. The van der Waals surface area contributed by atoms with Crippen molar-refractivity contribution < 1.29 is 4.79 Å². The molecule has 2 rings (SSSR count). The van der Waals surface area contributed by atoms with Crippen LogP contribution in [0.5, 0.6) is 0 Å². The predicted molar refractivity (Wildman–Crippen MR) is 73.8 cm³/mol. The van der Waals surface area contributed by atoms with Gasteiger partial charge in [-0.25, -0.2) is 0 Å². The SMILES string of the molecule is Cc1nnc(NC(=O)CSCc2cccs2)s1. The van der Waals surface area contributed by atoms with E-state index in [1.807, 2.05) is 18.4 Å². The number of hydrogen-bond donors (Lipinski definition) is 1. The van der Waals surface area contributed by atoms with Gasteiger partial charge in [0.05, 0.1) is 5.75 Å². The first-order valence-electron chi connectivity index (χ1n) is 4.94. The van der Waals surface area contributed by atoms with Crippen molar-refractivity contribution in [3.8, 4) is 0 Å². The quantitative estimate of drug-likeness (QED) is 0.918. The third kappa shape index (κ3) is 4.10. The zero-order valence-electron chi connectivity index (χ0n) is 9.17. The maximum Gasteiger partial charge on any atom is 0.236 e. The summed E-state index contributed by atoms with van der Waals surface area (Å²) in [6.45, 7) is 1.86. The van der Waals surface area contributed by atoms with E-state index in [-0.39, 0.29) is 5.91 Å². The normalized spacial score (nSPS) is 10.4. The first-order valence-corrected chi connectivity index (χ1v) is 7.79. The molecule has 0 saturated carbocycles. The molecule has 0 aliphatic heterocycles. The number of aryl methyl sites for hydroxylation is 1. The summed E-state index contributed by atoms with van der Waals surface area (Å²) >= 11 is 4.69. The van der Waals surface area contributed by atoms with Gasteiger partial charge in [-0.2, -0.15) is 0 Å². The van der Waals surface area contributed by atoms with E-state index in [1.165, 1.54) is 16.2 Å². The Morgan fingerprint density at radius 2 is 2.41 bits per heavy atom. The summed E-state index contributed by atoms with van der Waals surface area (Å²) in [5, 5.41) is 13.9. The van der Waals surface area contributed by atoms with Crippen LogP contribution in [0.4, 0.5) is 5.13 Å². The van der Waals surface area contributed by atoms with Crippen molar-refractivity contribution in [2.75, 3.05) is 11.1 Å². The zero-order valence-corrected chi connectivity index (χ0v) is 11.6. The van der Waals surface area contributed by atoms with E-state index >= 15 is 0 Å². The van der Waals surface area contributed by atoms with Crippen molar-refractivity contribution in [3.05, 3.63) is 27.4 Å². The van der Waals surface area contributed by atoms with Gasteiger partial charge in [0, 0.05) is 10.6 Å². The Hall–Kier alpha value is -0.920. The lowest BCUT2D eigenvalue weighted by molar-refractivity contribution is -0.113. The van der Waals surface area contributed by atoms with Crippen LogP contribution in [0.1, 0.15) is 9.88 Å². The fraction of sp³-hybridized carbons (Fsp3) is 0.300. The molecule has 0 spiro atoms. The number of nitrogens with one attached hydrogen (secondary N) is 1. The molecule has 2 heterocycles. The molecule has 7 heteroatoms. The maximum atomic E-state index is 11.6. The summed E-state index contributed by atoms with van der Waals surface area (Å²) in [6.07, 6.45) is 0. The average molecular weight is 285 g/mol. The number of anilines is 1. The average Bonchev–Trinajstić information content (AvgIpc) is 2.90. The molecule has 0 aromatic carbocycles. The largest absolute Gasteiger partial charge is 0.300 e. The van der Waals surface area contributed by atoms with E-state index in [0.29, 0.717) is 10.9 Å². The number of thioether (sulfide) groups is 1. The number of hydrogen-bond acceptors (Lipinski definition) is 6. The van der Waals surface area contributed by atoms with Crippen LogP contribution in [0.3, 0.4) is 0 Å². The lowest BCUT2D eigenvalue weighted by Crippen LogP contribution is -2.13. The molecule has 4 nitrogen and oxygen atoms in total. The highest BCUT2D eigenvalue weighted by molar-refractivity contribution is 7.99. The highest BCUT2D eigenvalue weighted by Gasteiger charge is 2.06. The molecule has 0 aliphatic carbocycles. The minimum Gasteiger partial charge on any atom is -0.300 e. The Labute approximate surface area is 111 Å². The number of aromatic nitrogens is 2. The smallest absolute Gasteiger partial charge is 0.236 e. The van der Waals surface area contributed by atoms with Crippen molar-refractivity contribution in [1.82, 2.24) is 10.2 Å². The van der Waals surface area contributed by atoms with Gasteiger partial charge < -0.3 is 0 Å². The Bertz CT molecular complexity index is 481. The number of carbonyl (C=O) groups excluding carboxylic acids is 1. The maximum absolute atomic E-state index is 11.6. The van der Waals surface area contributed by atoms with Crippen LogP contribution in [0.15, 0.2) is 17.5 Å². The van der Waals surface area contributed by atoms with E-state index in [9.17, 15) is 4.79 Å². The van der Waals surface area contributed by atoms with Gasteiger partial charge in [-0.3, -0.25) is 10.1 Å². The van der Waals surface area contributed by atoms with Gasteiger partial charge in [0.25, 0.3) is 0 Å². The van der Waals surface area contributed by atoms with Crippen molar-refractivity contribution in [3.63, 3.8) is 0 Å². The van der Waals surface area contributed by atoms with Crippen molar-refractivity contribution in [2.45, 2.75) is 12.7 Å². The highest BCUT2D eigenvalue weighted by Crippen LogP contribution is 2.18. The summed E-state index contributed by atoms with van der Waals surface area (Å²) in [7, 11) is 0. The molecule has 0 fully saturated rings.